The van der Waals surface area contributed by atoms with E-state index >= 15 is 0 Å². The normalized spacial score (nSPS) is 10.2. The van der Waals surface area contributed by atoms with E-state index in [1.807, 2.05) is 38.1 Å². The highest BCUT2D eigenvalue weighted by Gasteiger charge is 2.04. The number of ether oxygens (including phenoxy) is 1. The van der Waals surface area contributed by atoms with Crippen molar-refractivity contribution in [2.45, 2.75) is 20.0 Å². The molecule has 0 unspecified atom stereocenters. The molecule has 0 atom stereocenters. The molecule has 1 N–H and O–H groups in total. The second kappa shape index (κ2) is 6.31. The molecule has 0 aromatic heterocycles. The van der Waals surface area contributed by atoms with Gasteiger partial charge in [0.2, 0.25) is 0 Å². The Kier molecular flexibility index (Phi) is 4.49. The van der Waals surface area contributed by atoms with Crippen LogP contribution < -0.4 is 10.1 Å². The lowest BCUT2D eigenvalue weighted by atomic mass is 10.2. The minimum Gasteiger partial charge on any atom is -0.491 e. The zero-order chi connectivity index (χ0) is 14.5. The van der Waals surface area contributed by atoms with Crippen LogP contribution in [0.3, 0.4) is 0 Å². The van der Waals surface area contributed by atoms with Crippen LogP contribution in [0.2, 0.25) is 5.02 Å². The minimum absolute atomic E-state index is 0.145. The van der Waals surface area contributed by atoms with Crippen LogP contribution in [0, 0.1) is 11.3 Å². The third kappa shape index (κ3) is 3.66. The largest absolute Gasteiger partial charge is 0.491 e. The molecule has 0 spiro atoms. The van der Waals surface area contributed by atoms with Gasteiger partial charge in [-0.2, -0.15) is 5.26 Å². The Morgan fingerprint density at radius 3 is 2.45 bits per heavy atom. The molecule has 0 radical (unpaired) electrons. The Morgan fingerprint density at radius 1 is 1.15 bits per heavy atom. The van der Waals surface area contributed by atoms with Crippen molar-refractivity contribution < 1.29 is 4.74 Å². The highest BCUT2D eigenvalue weighted by Crippen LogP contribution is 2.25. The van der Waals surface area contributed by atoms with Gasteiger partial charge in [-0.3, -0.25) is 0 Å². The molecule has 0 aliphatic carbocycles. The number of halogens is 1. The maximum atomic E-state index is 9.08. The summed E-state index contributed by atoms with van der Waals surface area (Å²) in [4.78, 5) is 0. The minimum atomic E-state index is 0.145. The second-order valence-corrected chi connectivity index (χ2v) is 5.05. The fraction of sp³-hybridized carbons (Fsp3) is 0.188. The predicted octanol–water partition coefficient (Wildman–Crippen LogP) is 4.74. The Bertz CT molecular complexity index is 630. The Hall–Kier alpha value is -2.18. The van der Waals surface area contributed by atoms with Crippen molar-refractivity contribution in [2.24, 2.45) is 0 Å². The van der Waals surface area contributed by atoms with Crippen LogP contribution >= 0.6 is 11.6 Å². The molecule has 0 fully saturated rings. The molecule has 0 aliphatic rings. The van der Waals surface area contributed by atoms with Crippen LogP contribution in [-0.2, 0) is 0 Å². The van der Waals surface area contributed by atoms with E-state index in [9.17, 15) is 0 Å². The number of hydrogen-bond acceptors (Lipinski definition) is 3. The summed E-state index contributed by atoms with van der Waals surface area (Å²) in [6, 6.07) is 14.8. The topological polar surface area (TPSA) is 45.0 Å². The summed E-state index contributed by atoms with van der Waals surface area (Å²) in [7, 11) is 0. The van der Waals surface area contributed by atoms with Gasteiger partial charge >= 0.3 is 0 Å². The zero-order valence-electron chi connectivity index (χ0n) is 11.4. The SMILES string of the molecule is CC(C)Oc1ccc(Nc2cc(Cl)ccc2C#N)cc1. The smallest absolute Gasteiger partial charge is 0.119 e. The monoisotopic (exact) mass is 286 g/mol. The standard InChI is InChI=1S/C16H15ClN2O/c1-11(2)20-15-7-5-14(6-8-15)19-16-9-13(17)4-3-12(16)10-18/h3-9,11,19H,1-2H3. The van der Waals surface area contributed by atoms with E-state index in [1.165, 1.54) is 0 Å². The number of rotatable bonds is 4. The molecule has 0 bridgehead atoms. The van der Waals surface area contributed by atoms with Crippen molar-refractivity contribution >= 4 is 23.0 Å². The fourth-order valence-electron chi connectivity index (χ4n) is 1.76. The average molecular weight is 287 g/mol. The summed E-state index contributed by atoms with van der Waals surface area (Å²) in [5, 5.41) is 12.8. The van der Waals surface area contributed by atoms with Crippen molar-refractivity contribution in [3.8, 4) is 11.8 Å². The van der Waals surface area contributed by atoms with Gasteiger partial charge in [0, 0.05) is 10.7 Å². The summed E-state index contributed by atoms with van der Waals surface area (Å²) >= 11 is 5.95. The van der Waals surface area contributed by atoms with Crippen LogP contribution in [-0.4, -0.2) is 6.10 Å². The quantitative estimate of drug-likeness (QED) is 0.883. The van der Waals surface area contributed by atoms with Crippen LogP contribution in [0.4, 0.5) is 11.4 Å². The molecule has 0 saturated carbocycles. The molecule has 0 aliphatic heterocycles. The molecule has 3 nitrogen and oxygen atoms in total. The third-order valence-electron chi connectivity index (χ3n) is 2.61. The molecule has 2 rings (SSSR count). The molecule has 4 heteroatoms. The van der Waals surface area contributed by atoms with Crippen molar-refractivity contribution in [2.75, 3.05) is 5.32 Å². The number of nitriles is 1. The predicted molar refractivity (Wildman–Crippen MR) is 81.7 cm³/mol. The van der Waals surface area contributed by atoms with E-state index < -0.39 is 0 Å². The molecule has 0 saturated heterocycles. The van der Waals surface area contributed by atoms with Crippen LogP contribution in [0.5, 0.6) is 5.75 Å². The summed E-state index contributed by atoms with van der Waals surface area (Å²) in [5.41, 5.74) is 2.12. The van der Waals surface area contributed by atoms with Gasteiger partial charge in [-0.15, -0.1) is 0 Å². The highest BCUT2D eigenvalue weighted by atomic mass is 35.5. The van der Waals surface area contributed by atoms with E-state index in [-0.39, 0.29) is 6.10 Å². The maximum absolute atomic E-state index is 9.08. The summed E-state index contributed by atoms with van der Waals surface area (Å²) in [5.74, 6) is 0.817. The summed E-state index contributed by atoms with van der Waals surface area (Å²) in [6.45, 7) is 3.97. The first-order valence-corrected chi connectivity index (χ1v) is 6.69. The van der Waals surface area contributed by atoms with E-state index in [4.69, 9.17) is 21.6 Å². The van der Waals surface area contributed by atoms with Gasteiger partial charge < -0.3 is 10.1 Å². The molecule has 0 heterocycles. The Labute approximate surface area is 123 Å². The highest BCUT2D eigenvalue weighted by molar-refractivity contribution is 6.30. The zero-order valence-corrected chi connectivity index (χ0v) is 12.1. The number of hydrogen-bond donors (Lipinski definition) is 1. The van der Waals surface area contributed by atoms with Gasteiger partial charge in [-0.25, -0.2) is 0 Å². The van der Waals surface area contributed by atoms with Crippen LogP contribution in [0.1, 0.15) is 19.4 Å². The molecule has 0 amide bonds. The number of nitrogens with one attached hydrogen (secondary N) is 1. The van der Waals surface area contributed by atoms with Gasteiger partial charge in [-0.05, 0) is 56.3 Å². The van der Waals surface area contributed by atoms with Crippen molar-refractivity contribution in [3.05, 3.63) is 53.1 Å². The molecular weight excluding hydrogens is 272 g/mol. The van der Waals surface area contributed by atoms with Crippen molar-refractivity contribution in [1.29, 1.82) is 5.26 Å². The van der Waals surface area contributed by atoms with Gasteiger partial charge in [0.15, 0.2) is 0 Å². The van der Waals surface area contributed by atoms with Gasteiger partial charge in [0.1, 0.15) is 11.8 Å². The molecule has 2 aromatic rings. The third-order valence-corrected chi connectivity index (χ3v) is 2.84. The maximum Gasteiger partial charge on any atom is 0.119 e. The first-order valence-electron chi connectivity index (χ1n) is 6.32. The first kappa shape index (κ1) is 14.2. The molecule has 20 heavy (non-hydrogen) atoms. The van der Waals surface area contributed by atoms with Crippen LogP contribution in [0.25, 0.3) is 0 Å². The van der Waals surface area contributed by atoms with Gasteiger partial charge in [0.05, 0.1) is 17.4 Å². The molecule has 102 valence electrons. The van der Waals surface area contributed by atoms with E-state index in [2.05, 4.69) is 11.4 Å². The van der Waals surface area contributed by atoms with Gasteiger partial charge in [0.25, 0.3) is 0 Å². The van der Waals surface area contributed by atoms with Crippen LogP contribution in [0.15, 0.2) is 42.5 Å². The molecule has 2 aromatic carbocycles. The summed E-state index contributed by atoms with van der Waals surface area (Å²) < 4.78 is 5.58. The second-order valence-electron chi connectivity index (χ2n) is 4.62. The van der Waals surface area contributed by atoms with E-state index in [0.29, 0.717) is 16.3 Å². The summed E-state index contributed by atoms with van der Waals surface area (Å²) in [6.07, 6.45) is 0.145. The Morgan fingerprint density at radius 2 is 1.85 bits per heavy atom. The number of anilines is 2. The average Bonchev–Trinajstić information content (AvgIpc) is 2.41. The fourth-order valence-corrected chi connectivity index (χ4v) is 1.93. The van der Waals surface area contributed by atoms with Gasteiger partial charge in [-0.1, -0.05) is 11.6 Å². The molecular formula is C16H15ClN2O. The van der Waals surface area contributed by atoms with E-state index in [1.54, 1.807) is 18.2 Å². The number of nitrogens with zero attached hydrogens (tertiary/aromatic N) is 1. The number of benzene rings is 2. The first-order chi connectivity index (χ1) is 9.58. The van der Waals surface area contributed by atoms with E-state index in [0.717, 1.165) is 11.4 Å². The van der Waals surface area contributed by atoms with Crippen molar-refractivity contribution in [3.63, 3.8) is 0 Å². The lowest BCUT2D eigenvalue weighted by Gasteiger charge is -2.12. The lowest BCUT2D eigenvalue weighted by molar-refractivity contribution is 0.242. The Balaban J connectivity index is 2.18. The van der Waals surface area contributed by atoms with Crippen molar-refractivity contribution in [1.82, 2.24) is 0 Å². The lowest BCUT2D eigenvalue weighted by Crippen LogP contribution is -2.05.